The standard InChI is InChI=1S/C24H26N6/c1-14(2)22-19-9-17(18-10-29(11-18)8-7-25)5-6-21(19)28-23(22)20-12-30-24(26-13-27-30)16(4)15(20)3/h5-6,9,12-14,18,28H,8,10-11H2,1-4H3. The number of H-pyrrole nitrogens is 1. The first-order valence-corrected chi connectivity index (χ1v) is 10.5. The van der Waals surface area contributed by atoms with Gasteiger partial charge in [0.1, 0.15) is 6.33 Å². The van der Waals surface area contributed by atoms with Crippen LogP contribution in [0.1, 0.15) is 47.9 Å². The molecule has 0 aliphatic carbocycles. The number of nitriles is 1. The zero-order valence-corrected chi connectivity index (χ0v) is 17.9. The van der Waals surface area contributed by atoms with Crippen LogP contribution in [0.15, 0.2) is 30.7 Å². The highest BCUT2D eigenvalue weighted by Crippen LogP contribution is 2.39. The van der Waals surface area contributed by atoms with Crippen molar-refractivity contribution in [2.45, 2.75) is 39.5 Å². The van der Waals surface area contributed by atoms with Crippen molar-refractivity contribution in [3.05, 3.63) is 53.0 Å². The third kappa shape index (κ3) is 2.81. The first kappa shape index (κ1) is 18.8. The smallest absolute Gasteiger partial charge is 0.158 e. The number of nitrogens with zero attached hydrogens (tertiary/aromatic N) is 5. The van der Waals surface area contributed by atoms with Crippen LogP contribution in [0.5, 0.6) is 0 Å². The SMILES string of the molecule is Cc1c(-c2[nH]c3ccc(C4CN(CC#N)C4)cc3c2C(C)C)cn2ncnc2c1C. The molecule has 0 spiro atoms. The average Bonchev–Trinajstić information content (AvgIpc) is 3.30. The van der Waals surface area contributed by atoms with Gasteiger partial charge in [0.15, 0.2) is 5.65 Å². The normalized spacial score (nSPS) is 15.2. The summed E-state index contributed by atoms with van der Waals surface area (Å²) >= 11 is 0. The van der Waals surface area contributed by atoms with E-state index < -0.39 is 0 Å². The molecule has 0 radical (unpaired) electrons. The maximum Gasteiger partial charge on any atom is 0.158 e. The van der Waals surface area contributed by atoms with Crippen molar-refractivity contribution in [3.63, 3.8) is 0 Å². The molecule has 4 heterocycles. The van der Waals surface area contributed by atoms with Crippen molar-refractivity contribution < 1.29 is 0 Å². The summed E-state index contributed by atoms with van der Waals surface area (Å²) in [4.78, 5) is 10.3. The zero-order valence-electron chi connectivity index (χ0n) is 17.9. The van der Waals surface area contributed by atoms with E-state index in [1.54, 1.807) is 6.33 Å². The summed E-state index contributed by atoms with van der Waals surface area (Å²) in [5, 5.41) is 14.6. The fourth-order valence-corrected chi connectivity index (χ4v) is 4.76. The quantitative estimate of drug-likeness (QED) is 0.512. The first-order valence-electron chi connectivity index (χ1n) is 10.5. The Kier molecular flexibility index (Phi) is 4.37. The molecule has 1 aliphatic heterocycles. The van der Waals surface area contributed by atoms with E-state index in [1.165, 1.54) is 38.9 Å². The molecule has 0 saturated carbocycles. The van der Waals surface area contributed by atoms with Gasteiger partial charge >= 0.3 is 0 Å². The van der Waals surface area contributed by atoms with Crippen LogP contribution in [0.4, 0.5) is 0 Å². The number of aryl methyl sites for hydroxylation is 1. The van der Waals surface area contributed by atoms with E-state index in [4.69, 9.17) is 5.26 Å². The monoisotopic (exact) mass is 398 g/mol. The van der Waals surface area contributed by atoms with Crippen LogP contribution in [-0.4, -0.2) is 44.1 Å². The second-order valence-corrected chi connectivity index (χ2v) is 8.74. The molecule has 30 heavy (non-hydrogen) atoms. The molecule has 6 heteroatoms. The van der Waals surface area contributed by atoms with Gasteiger partial charge in [0.25, 0.3) is 0 Å². The lowest BCUT2D eigenvalue weighted by atomic mass is 9.88. The summed E-state index contributed by atoms with van der Waals surface area (Å²) in [6, 6.07) is 9.05. The van der Waals surface area contributed by atoms with Gasteiger partial charge in [-0.25, -0.2) is 9.50 Å². The van der Waals surface area contributed by atoms with Gasteiger partial charge in [-0.3, -0.25) is 4.90 Å². The van der Waals surface area contributed by atoms with E-state index in [1.807, 2.05) is 4.52 Å². The molecule has 3 aromatic heterocycles. The molecule has 0 atom stereocenters. The van der Waals surface area contributed by atoms with Crippen molar-refractivity contribution in [2.24, 2.45) is 0 Å². The molecule has 1 saturated heterocycles. The molecule has 5 rings (SSSR count). The van der Waals surface area contributed by atoms with Crippen LogP contribution in [-0.2, 0) is 0 Å². The van der Waals surface area contributed by atoms with Crippen molar-refractivity contribution in [3.8, 4) is 17.3 Å². The van der Waals surface area contributed by atoms with E-state index in [0.29, 0.717) is 18.4 Å². The molecule has 1 aromatic carbocycles. The minimum atomic E-state index is 0.381. The fourth-order valence-electron chi connectivity index (χ4n) is 4.76. The predicted octanol–water partition coefficient (Wildman–Crippen LogP) is 4.54. The number of aromatic amines is 1. The number of benzene rings is 1. The van der Waals surface area contributed by atoms with Crippen LogP contribution >= 0.6 is 0 Å². The molecule has 1 N–H and O–H groups in total. The lowest BCUT2D eigenvalue weighted by Gasteiger charge is -2.38. The molecule has 0 unspecified atom stereocenters. The van der Waals surface area contributed by atoms with E-state index in [-0.39, 0.29) is 0 Å². The Bertz CT molecular complexity index is 1300. The van der Waals surface area contributed by atoms with E-state index in [0.717, 1.165) is 24.3 Å². The molecule has 0 amide bonds. The second kappa shape index (κ2) is 6.96. The zero-order chi connectivity index (χ0) is 21.0. The number of hydrogen-bond acceptors (Lipinski definition) is 4. The number of rotatable bonds is 4. The van der Waals surface area contributed by atoms with Gasteiger partial charge < -0.3 is 4.98 Å². The summed E-state index contributed by atoms with van der Waals surface area (Å²) in [6.45, 7) is 11.2. The topological polar surface area (TPSA) is 73.0 Å². The molecule has 152 valence electrons. The molecule has 1 fully saturated rings. The van der Waals surface area contributed by atoms with Crippen molar-refractivity contribution in [1.29, 1.82) is 5.26 Å². The number of fused-ring (bicyclic) bond motifs is 2. The lowest BCUT2D eigenvalue weighted by Crippen LogP contribution is -2.44. The molecule has 6 nitrogen and oxygen atoms in total. The number of nitrogens with one attached hydrogen (secondary N) is 1. The third-order valence-corrected chi connectivity index (χ3v) is 6.56. The van der Waals surface area contributed by atoms with Crippen LogP contribution in [0.2, 0.25) is 0 Å². The lowest BCUT2D eigenvalue weighted by molar-refractivity contribution is 0.169. The minimum Gasteiger partial charge on any atom is -0.354 e. The van der Waals surface area contributed by atoms with Gasteiger partial charge in [0.05, 0.1) is 18.3 Å². The summed E-state index contributed by atoms with van der Waals surface area (Å²) < 4.78 is 1.87. The highest BCUT2D eigenvalue weighted by atomic mass is 15.3. The van der Waals surface area contributed by atoms with E-state index >= 15 is 0 Å². The van der Waals surface area contributed by atoms with Crippen molar-refractivity contribution >= 4 is 16.6 Å². The summed E-state index contributed by atoms with van der Waals surface area (Å²) in [7, 11) is 0. The summed E-state index contributed by atoms with van der Waals surface area (Å²) in [5.74, 6) is 0.892. The Hall–Kier alpha value is -3.17. The average molecular weight is 399 g/mol. The van der Waals surface area contributed by atoms with Crippen LogP contribution in [0.25, 0.3) is 27.8 Å². The molecular formula is C24H26N6. The highest BCUT2D eigenvalue weighted by molar-refractivity contribution is 5.92. The number of likely N-dealkylation sites (tertiary alicyclic amines) is 1. The first-order chi connectivity index (χ1) is 14.5. The van der Waals surface area contributed by atoms with Gasteiger partial charge in [0, 0.05) is 41.7 Å². The largest absolute Gasteiger partial charge is 0.354 e. The van der Waals surface area contributed by atoms with Gasteiger partial charge in [-0.05, 0) is 54.2 Å². The van der Waals surface area contributed by atoms with Gasteiger partial charge in [-0.1, -0.05) is 19.9 Å². The Morgan fingerprint density at radius 2 is 2.03 bits per heavy atom. The summed E-state index contributed by atoms with van der Waals surface area (Å²) in [5.41, 5.74) is 9.53. The van der Waals surface area contributed by atoms with Crippen molar-refractivity contribution in [2.75, 3.05) is 19.6 Å². The second-order valence-electron chi connectivity index (χ2n) is 8.74. The molecule has 0 bridgehead atoms. The number of hydrogen-bond donors (Lipinski definition) is 1. The van der Waals surface area contributed by atoms with Crippen LogP contribution < -0.4 is 0 Å². The predicted molar refractivity (Wildman–Crippen MR) is 119 cm³/mol. The Labute approximate surface area is 176 Å². The van der Waals surface area contributed by atoms with Crippen molar-refractivity contribution in [1.82, 2.24) is 24.5 Å². The molecule has 4 aromatic rings. The van der Waals surface area contributed by atoms with E-state index in [9.17, 15) is 0 Å². The maximum atomic E-state index is 8.90. The maximum absolute atomic E-state index is 8.90. The minimum absolute atomic E-state index is 0.381. The number of aromatic nitrogens is 4. The fraction of sp³-hybridized carbons (Fsp3) is 0.375. The Morgan fingerprint density at radius 3 is 2.77 bits per heavy atom. The van der Waals surface area contributed by atoms with Crippen LogP contribution in [0, 0.1) is 25.2 Å². The van der Waals surface area contributed by atoms with Gasteiger partial charge in [0.2, 0.25) is 0 Å². The highest BCUT2D eigenvalue weighted by Gasteiger charge is 2.28. The summed E-state index contributed by atoms with van der Waals surface area (Å²) in [6.07, 6.45) is 3.70. The van der Waals surface area contributed by atoms with Gasteiger partial charge in [-0.15, -0.1) is 0 Å². The Morgan fingerprint density at radius 1 is 1.23 bits per heavy atom. The molecular weight excluding hydrogens is 372 g/mol. The third-order valence-electron chi connectivity index (χ3n) is 6.56. The van der Waals surface area contributed by atoms with Gasteiger partial charge in [-0.2, -0.15) is 10.4 Å². The Balaban J connectivity index is 1.64. The van der Waals surface area contributed by atoms with E-state index in [2.05, 4.69) is 78.1 Å². The van der Waals surface area contributed by atoms with Crippen LogP contribution in [0.3, 0.4) is 0 Å². The molecule has 1 aliphatic rings. The number of pyridine rings is 1.